The summed E-state index contributed by atoms with van der Waals surface area (Å²) in [6, 6.07) is 23.8. The van der Waals surface area contributed by atoms with Gasteiger partial charge in [0.25, 0.3) is 0 Å². The van der Waals surface area contributed by atoms with E-state index in [0.717, 1.165) is 38.8 Å². The van der Waals surface area contributed by atoms with Gasteiger partial charge in [-0.15, -0.1) is 11.3 Å². The van der Waals surface area contributed by atoms with Gasteiger partial charge in [-0.1, -0.05) is 48.5 Å². The van der Waals surface area contributed by atoms with Crippen molar-refractivity contribution in [1.82, 2.24) is 25.1 Å². The average molecular weight is 452 g/mol. The number of para-hydroxylation sites is 1. The standard InChI is InChI=1S/C26H21N5OS/c32-24(14-22-18-33-26(29-22)20-10-7-13-27-15-20)28-16-21-17-31(23-11-5-2-6-12-23)30-25(21)19-8-3-1-4-9-19/h1-13,15,17-18H,14,16H2,(H,28,32). The number of rotatable bonds is 7. The zero-order valence-corrected chi connectivity index (χ0v) is 18.6. The summed E-state index contributed by atoms with van der Waals surface area (Å²) >= 11 is 1.52. The van der Waals surface area contributed by atoms with Gasteiger partial charge in [0.05, 0.1) is 23.5 Å². The largest absolute Gasteiger partial charge is 0.352 e. The van der Waals surface area contributed by atoms with Crippen LogP contribution in [0.4, 0.5) is 0 Å². The first kappa shape index (κ1) is 20.8. The van der Waals surface area contributed by atoms with E-state index in [1.807, 2.05) is 89.1 Å². The second kappa shape index (κ2) is 9.58. The number of carbonyl (C=O) groups excluding carboxylic acids is 1. The molecule has 3 heterocycles. The Morgan fingerprint density at radius 2 is 1.70 bits per heavy atom. The van der Waals surface area contributed by atoms with Crippen LogP contribution in [-0.4, -0.2) is 25.7 Å². The predicted octanol–water partition coefficient (Wildman–Crippen LogP) is 4.92. The summed E-state index contributed by atoms with van der Waals surface area (Å²) in [4.78, 5) is 21.4. The normalized spacial score (nSPS) is 10.8. The minimum absolute atomic E-state index is 0.0792. The van der Waals surface area contributed by atoms with E-state index in [4.69, 9.17) is 5.10 Å². The van der Waals surface area contributed by atoms with Crippen LogP contribution in [-0.2, 0) is 17.8 Å². The first-order chi connectivity index (χ1) is 16.3. The topological polar surface area (TPSA) is 72.7 Å². The Morgan fingerprint density at radius 3 is 2.45 bits per heavy atom. The van der Waals surface area contributed by atoms with Crippen molar-refractivity contribution in [3.8, 4) is 27.5 Å². The molecule has 0 saturated carbocycles. The lowest BCUT2D eigenvalue weighted by Gasteiger charge is -2.05. The van der Waals surface area contributed by atoms with Crippen LogP contribution in [0.5, 0.6) is 0 Å². The summed E-state index contributed by atoms with van der Waals surface area (Å²) < 4.78 is 1.85. The highest BCUT2D eigenvalue weighted by atomic mass is 32.1. The predicted molar refractivity (Wildman–Crippen MR) is 130 cm³/mol. The van der Waals surface area contributed by atoms with Crippen molar-refractivity contribution in [2.45, 2.75) is 13.0 Å². The number of nitrogens with zero attached hydrogens (tertiary/aromatic N) is 4. The third-order valence-corrected chi connectivity index (χ3v) is 6.08. The number of aromatic nitrogens is 4. The molecular weight excluding hydrogens is 430 g/mol. The highest BCUT2D eigenvalue weighted by Crippen LogP contribution is 2.24. The Labute approximate surface area is 195 Å². The monoisotopic (exact) mass is 451 g/mol. The van der Waals surface area contributed by atoms with E-state index in [1.54, 1.807) is 12.4 Å². The number of nitrogens with one attached hydrogen (secondary N) is 1. The third-order valence-electron chi connectivity index (χ3n) is 5.14. The maximum atomic E-state index is 12.7. The van der Waals surface area contributed by atoms with Gasteiger partial charge >= 0.3 is 0 Å². The second-order valence-electron chi connectivity index (χ2n) is 7.49. The van der Waals surface area contributed by atoms with Gasteiger partial charge in [-0.05, 0) is 24.3 Å². The highest BCUT2D eigenvalue weighted by molar-refractivity contribution is 7.13. The number of hydrogen-bond donors (Lipinski definition) is 1. The lowest BCUT2D eigenvalue weighted by Crippen LogP contribution is -2.24. The zero-order valence-electron chi connectivity index (χ0n) is 17.8. The van der Waals surface area contributed by atoms with Crippen LogP contribution >= 0.6 is 11.3 Å². The summed E-state index contributed by atoms with van der Waals surface area (Å²) in [5.41, 5.74) is 5.49. The number of carbonyl (C=O) groups is 1. The molecule has 5 aromatic rings. The minimum atomic E-state index is -0.0792. The van der Waals surface area contributed by atoms with E-state index in [2.05, 4.69) is 15.3 Å². The van der Waals surface area contributed by atoms with E-state index < -0.39 is 0 Å². The molecular formula is C26H21N5OS. The molecule has 0 bridgehead atoms. The van der Waals surface area contributed by atoms with Crippen LogP contribution in [0.3, 0.4) is 0 Å². The van der Waals surface area contributed by atoms with Crippen LogP contribution in [0, 0.1) is 0 Å². The fraction of sp³-hybridized carbons (Fsp3) is 0.0769. The maximum Gasteiger partial charge on any atom is 0.226 e. The van der Waals surface area contributed by atoms with E-state index in [1.165, 1.54) is 11.3 Å². The van der Waals surface area contributed by atoms with E-state index in [-0.39, 0.29) is 12.3 Å². The van der Waals surface area contributed by atoms with Gasteiger partial charge in [-0.2, -0.15) is 5.10 Å². The number of hydrogen-bond acceptors (Lipinski definition) is 5. The molecule has 0 saturated heterocycles. The van der Waals surface area contributed by atoms with Crippen molar-refractivity contribution in [3.63, 3.8) is 0 Å². The number of benzene rings is 2. The smallest absolute Gasteiger partial charge is 0.226 e. The number of amides is 1. The molecule has 5 rings (SSSR count). The molecule has 1 amide bonds. The van der Waals surface area contributed by atoms with Gasteiger partial charge in [0, 0.05) is 47.2 Å². The fourth-order valence-corrected chi connectivity index (χ4v) is 4.33. The van der Waals surface area contributed by atoms with Crippen LogP contribution in [0.15, 0.2) is 96.8 Å². The van der Waals surface area contributed by atoms with Gasteiger partial charge in [0.2, 0.25) is 5.91 Å². The van der Waals surface area contributed by atoms with Crippen molar-refractivity contribution < 1.29 is 4.79 Å². The zero-order chi connectivity index (χ0) is 22.5. The van der Waals surface area contributed by atoms with E-state index >= 15 is 0 Å². The average Bonchev–Trinajstić information content (AvgIpc) is 3.52. The number of pyridine rings is 1. The molecule has 33 heavy (non-hydrogen) atoms. The third kappa shape index (κ3) is 4.88. The molecule has 0 aliphatic rings. The van der Waals surface area contributed by atoms with Crippen molar-refractivity contribution in [1.29, 1.82) is 0 Å². The van der Waals surface area contributed by atoms with Crippen molar-refractivity contribution >= 4 is 17.2 Å². The summed E-state index contributed by atoms with van der Waals surface area (Å²) in [6.07, 6.45) is 5.71. The quantitative estimate of drug-likeness (QED) is 0.381. The highest BCUT2D eigenvalue weighted by Gasteiger charge is 2.14. The lowest BCUT2D eigenvalue weighted by atomic mass is 10.1. The molecule has 0 unspecified atom stereocenters. The van der Waals surface area contributed by atoms with E-state index in [0.29, 0.717) is 6.54 Å². The summed E-state index contributed by atoms with van der Waals surface area (Å²) in [7, 11) is 0. The SMILES string of the molecule is O=C(Cc1csc(-c2cccnc2)n1)NCc1cn(-c2ccccc2)nc1-c1ccccc1. The summed E-state index contributed by atoms with van der Waals surface area (Å²) in [5, 5.41) is 10.6. The van der Waals surface area contributed by atoms with Crippen molar-refractivity contribution in [2.24, 2.45) is 0 Å². The molecule has 2 aromatic carbocycles. The fourth-order valence-electron chi connectivity index (χ4n) is 3.52. The molecule has 0 aliphatic heterocycles. The van der Waals surface area contributed by atoms with Crippen molar-refractivity contribution in [3.05, 3.63) is 108 Å². The van der Waals surface area contributed by atoms with Crippen molar-refractivity contribution in [2.75, 3.05) is 0 Å². The Morgan fingerprint density at radius 1 is 0.939 bits per heavy atom. The van der Waals surface area contributed by atoms with Gasteiger partial charge in [0.1, 0.15) is 5.01 Å². The van der Waals surface area contributed by atoms with Crippen LogP contribution in [0.2, 0.25) is 0 Å². The molecule has 162 valence electrons. The van der Waals surface area contributed by atoms with Crippen LogP contribution in [0.1, 0.15) is 11.3 Å². The van der Waals surface area contributed by atoms with Gasteiger partial charge < -0.3 is 5.32 Å². The molecule has 0 aliphatic carbocycles. The molecule has 3 aromatic heterocycles. The molecule has 0 fully saturated rings. The Bertz CT molecular complexity index is 1350. The summed E-state index contributed by atoms with van der Waals surface area (Å²) in [6.45, 7) is 0.384. The Hall–Kier alpha value is -4.10. The molecule has 0 atom stereocenters. The molecule has 0 spiro atoms. The van der Waals surface area contributed by atoms with Gasteiger partial charge in [0.15, 0.2) is 0 Å². The molecule has 7 heteroatoms. The first-order valence-corrected chi connectivity index (χ1v) is 11.4. The molecule has 0 radical (unpaired) electrons. The van der Waals surface area contributed by atoms with Gasteiger partial charge in [-0.3, -0.25) is 9.78 Å². The van der Waals surface area contributed by atoms with Crippen LogP contribution < -0.4 is 5.32 Å². The molecule has 6 nitrogen and oxygen atoms in total. The Kier molecular flexibility index (Phi) is 6.04. The second-order valence-corrected chi connectivity index (χ2v) is 8.35. The van der Waals surface area contributed by atoms with Crippen LogP contribution in [0.25, 0.3) is 27.5 Å². The lowest BCUT2D eigenvalue weighted by molar-refractivity contribution is -0.120. The van der Waals surface area contributed by atoms with E-state index in [9.17, 15) is 4.79 Å². The Balaban J connectivity index is 1.31. The maximum absolute atomic E-state index is 12.7. The first-order valence-electron chi connectivity index (χ1n) is 10.6. The number of thiazole rings is 1. The summed E-state index contributed by atoms with van der Waals surface area (Å²) in [5.74, 6) is -0.0792. The minimum Gasteiger partial charge on any atom is -0.352 e. The van der Waals surface area contributed by atoms with Gasteiger partial charge in [-0.25, -0.2) is 9.67 Å². The molecule has 1 N–H and O–H groups in total.